The molecule has 1 aliphatic heterocycles. The second-order valence-corrected chi connectivity index (χ2v) is 6.36. The van der Waals surface area contributed by atoms with E-state index in [0.29, 0.717) is 17.8 Å². The molecule has 1 fully saturated rings. The second-order valence-electron chi connectivity index (χ2n) is 5.44. The topological polar surface area (TPSA) is 88.2 Å². The van der Waals surface area contributed by atoms with Gasteiger partial charge in [-0.2, -0.15) is 10.3 Å². The lowest BCUT2D eigenvalue weighted by atomic mass is 10.1. The van der Waals surface area contributed by atoms with Gasteiger partial charge in [0, 0.05) is 16.6 Å². The van der Waals surface area contributed by atoms with Gasteiger partial charge in [-0.15, -0.1) is 5.10 Å². The van der Waals surface area contributed by atoms with Crippen molar-refractivity contribution in [3.8, 4) is 0 Å². The summed E-state index contributed by atoms with van der Waals surface area (Å²) in [6, 6.07) is 6.93. The summed E-state index contributed by atoms with van der Waals surface area (Å²) in [6.07, 6.45) is 1.59. The Balaban J connectivity index is 1.86. The molecule has 1 atom stereocenters. The maximum atomic E-state index is 12.8. The van der Waals surface area contributed by atoms with Gasteiger partial charge < -0.3 is 9.64 Å². The number of halogens is 1. The standard InChI is InChI=1S/C16H17BrN4O3/c1-2-24-16(23)14-13(18-20-19-14)12-4-3-9-21(12)15(22)10-5-7-11(17)8-6-10/h5-8,12H,2-4,9H2,1H3,(H,18,19,20). The van der Waals surface area contributed by atoms with Crippen LogP contribution < -0.4 is 0 Å². The number of rotatable bonds is 4. The molecule has 1 N–H and O–H groups in total. The SMILES string of the molecule is CCOC(=O)c1n[nH]nc1C1CCCN1C(=O)c1ccc(Br)cc1. The summed E-state index contributed by atoms with van der Waals surface area (Å²) in [5.41, 5.74) is 1.22. The number of nitrogens with one attached hydrogen (secondary N) is 1. The summed E-state index contributed by atoms with van der Waals surface area (Å²) in [4.78, 5) is 26.6. The minimum atomic E-state index is -0.524. The highest BCUT2D eigenvalue weighted by atomic mass is 79.9. The van der Waals surface area contributed by atoms with E-state index in [0.717, 1.165) is 17.3 Å². The highest BCUT2D eigenvalue weighted by Gasteiger charge is 2.35. The van der Waals surface area contributed by atoms with E-state index < -0.39 is 5.97 Å². The zero-order valence-corrected chi connectivity index (χ0v) is 14.7. The van der Waals surface area contributed by atoms with Gasteiger partial charge in [-0.25, -0.2) is 4.79 Å². The number of carbonyl (C=O) groups excluding carboxylic acids is 2. The normalized spacial score (nSPS) is 17.1. The number of nitrogens with zero attached hydrogens (tertiary/aromatic N) is 3. The van der Waals surface area contributed by atoms with Crippen LogP contribution in [0.5, 0.6) is 0 Å². The predicted octanol–water partition coefficient (Wildman–Crippen LogP) is 2.72. The van der Waals surface area contributed by atoms with Crippen LogP contribution in [0.15, 0.2) is 28.7 Å². The fourth-order valence-electron chi connectivity index (χ4n) is 2.87. The second kappa shape index (κ2) is 7.12. The third-order valence-corrected chi connectivity index (χ3v) is 4.49. The van der Waals surface area contributed by atoms with Crippen molar-refractivity contribution in [1.82, 2.24) is 20.3 Å². The van der Waals surface area contributed by atoms with Gasteiger partial charge in [-0.3, -0.25) is 4.79 Å². The molecule has 0 bridgehead atoms. The van der Waals surface area contributed by atoms with Gasteiger partial charge in [-0.05, 0) is 44.0 Å². The van der Waals surface area contributed by atoms with E-state index in [9.17, 15) is 9.59 Å². The largest absolute Gasteiger partial charge is 0.461 e. The minimum absolute atomic E-state index is 0.0807. The fraction of sp³-hybridized carbons (Fsp3) is 0.375. The average Bonchev–Trinajstić information content (AvgIpc) is 3.23. The summed E-state index contributed by atoms with van der Waals surface area (Å²) >= 11 is 3.36. The molecule has 1 aromatic heterocycles. The Morgan fingerprint density at radius 3 is 2.79 bits per heavy atom. The van der Waals surface area contributed by atoms with E-state index in [2.05, 4.69) is 31.3 Å². The number of aromatic nitrogens is 3. The van der Waals surface area contributed by atoms with Crippen molar-refractivity contribution in [2.24, 2.45) is 0 Å². The van der Waals surface area contributed by atoms with Crippen LogP contribution in [0, 0.1) is 0 Å². The van der Waals surface area contributed by atoms with Gasteiger partial charge >= 0.3 is 5.97 Å². The molecule has 24 heavy (non-hydrogen) atoms. The van der Waals surface area contributed by atoms with Gasteiger partial charge in [-0.1, -0.05) is 15.9 Å². The van der Waals surface area contributed by atoms with Gasteiger partial charge in [0.1, 0.15) is 5.69 Å². The van der Waals surface area contributed by atoms with Crippen molar-refractivity contribution in [3.63, 3.8) is 0 Å². The number of aromatic amines is 1. The zero-order chi connectivity index (χ0) is 17.1. The molecule has 0 radical (unpaired) electrons. The molecule has 1 aliphatic rings. The summed E-state index contributed by atoms with van der Waals surface area (Å²) in [5.74, 6) is -0.605. The van der Waals surface area contributed by atoms with Gasteiger partial charge in [0.05, 0.1) is 12.6 Å². The van der Waals surface area contributed by atoms with Crippen molar-refractivity contribution in [2.45, 2.75) is 25.8 Å². The van der Waals surface area contributed by atoms with Crippen molar-refractivity contribution >= 4 is 27.8 Å². The van der Waals surface area contributed by atoms with Crippen LogP contribution in [0.2, 0.25) is 0 Å². The first-order chi connectivity index (χ1) is 11.6. The van der Waals surface area contributed by atoms with Crippen molar-refractivity contribution in [3.05, 3.63) is 45.7 Å². The molecule has 7 nitrogen and oxygen atoms in total. The molecule has 1 aromatic carbocycles. The van der Waals surface area contributed by atoms with Crippen LogP contribution in [0.3, 0.4) is 0 Å². The number of hydrogen-bond acceptors (Lipinski definition) is 5. The quantitative estimate of drug-likeness (QED) is 0.807. The Kier molecular flexibility index (Phi) is 4.94. The Morgan fingerprint density at radius 1 is 1.33 bits per heavy atom. The van der Waals surface area contributed by atoms with E-state index in [1.54, 1.807) is 24.0 Å². The lowest BCUT2D eigenvalue weighted by Gasteiger charge is -2.23. The van der Waals surface area contributed by atoms with E-state index in [1.165, 1.54) is 0 Å². The van der Waals surface area contributed by atoms with Gasteiger partial charge in [0.2, 0.25) is 0 Å². The smallest absolute Gasteiger partial charge is 0.360 e. The van der Waals surface area contributed by atoms with Crippen molar-refractivity contribution in [2.75, 3.05) is 13.2 Å². The first-order valence-electron chi connectivity index (χ1n) is 7.76. The molecule has 3 rings (SSSR count). The van der Waals surface area contributed by atoms with Crippen LogP contribution >= 0.6 is 15.9 Å². The third-order valence-electron chi connectivity index (χ3n) is 3.96. The molecule has 0 spiro atoms. The first-order valence-corrected chi connectivity index (χ1v) is 8.55. The zero-order valence-electron chi connectivity index (χ0n) is 13.2. The van der Waals surface area contributed by atoms with Crippen molar-refractivity contribution in [1.29, 1.82) is 0 Å². The van der Waals surface area contributed by atoms with Crippen LogP contribution in [-0.4, -0.2) is 45.3 Å². The molecular formula is C16H17BrN4O3. The average molecular weight is 393 g/mol. The van der Waals surface area contributed by atoms with E-state index >= 15 is 0 Å². The maximum Gasteiger partial charge on any atom is 0.360 e. The lowest BCUT2D eigenvalue weighted by Crippen LogP contribution is -2.31. The van der Waals surface area contributed by atoms with E-state index in [1.807, 2.05) is 12.1 Å². The summed E-state index contributed by atoms with van der Waals surface area (Å²) in [7, 11) is 0. The molecule has 2 heterocycles. The number of likely N-dealkylation sites (tertiary alicyclic amines) is 1. The van der Waals surface area contributed by atoms with Crippen molar-refractivity contribution < 1.29 is 14.3 Å². The summed E-state index contributed by atoms with van der Waals surface area (Å²) < 4.78 is 5.92. The van der Waals surface area contributed by atoms with Gasteiger partial charge in [0.15, 0.2) is 5.69 Å². The van der Waals surface area contributed by atoms with E-state index in [4.69, 9.17) is 4.74 Å². The molecule has 126 valence electrons. The number of H-pyrrole nitrogens is 1. The number of ether oxygens (including phenoxy) is 1. The molecule has 0 aliphatic carbocycles. The monoisotopic (exact) mass is 392 g/mol. The number of amides is 1. The first kappa shape index (κ1) is 16.6. The van der Waals surface area contributed by atoms with Crippen LogP contribution in [0.1, 0.15) is 52.3 Å². The van der Waals surface area contributed by atoms with E-state index in [-0.39, 0.29) is 24.2 Å². The van der Waals surface area contributed by atoms with Crippen LogP contribution in [0.25, 0.3) is 0 Å². The number of carbonyl (C=O) groups is 2. The Hall–Kier alpha value is -2.22. The van der Waals surface area contributed by atoms with Crippen LogP contribution in [-0.2, 0) is 4.74 Å². The molecular weight excluding hydrogens is 376 g/mol. The highest BCUT2D eigenvalue weighted by Crippen LogP contribution is 2.33. The molecule has 8 heteroatoms. The summed E-state index contributed by atoms with van der Waals surface area (Å²) in [5, 5.41) is 10.5. The Bertz CT molecular complexity index is 744. The number of hydrogen-bond donors (Lipinski definition) is 1. The Morgan fingerprint density at radius 2 is 2.08 bits per heavy atom. The third kappa shape index (κ3) is 3.19. The van der Waals surface area contributed by atoms with Gasteiger partial charge in [0.25, 0.3) is 5.91 Å². The predicted molar refractivity (Wildman–Crippen MR) is 89.5 cm³/mol. The number of benzene rings is 1. The number of esters is 1. The van der Waals surface area contributed by atoms with Crippen LogP contribution in [0.4, 0.5) is 0 Å². The lowest BCUT2D eigenvalue weighted by molar-refractivity contribution is 0.0512. The Labute approximate surface area is 147 Å². The molecule has 1 amide bonds. The molecule has 1 saturated heterocycles. The molecule has 1 unspecified atom stereocenters. The maximum absolute atomic E-state index is 12.8. The highest BCUT2D eigenvalue weighted by molar-refractivity contribution is 9.10. The summed E-state index contributed by atoms with van der Waals surface area (Å²) in [6.45, 7) is 2.61. The minimum Gasteiger partial charge on any atom is -0.461 e. The molecule has 2 aromatic rings. The fourth-order valence-corrected chi connectivity index (χ4v) is 3.14. The molecule has 0 saturated carbocycles.